The van der Waals surface area contributed by atoms with E-state index in [1.807, 2.05) is 19.9 Å². The molecule has 1 aromatic carbocycles. The lowest BCUT2D eigenvalue weighted by Crippen LogP contribution is -2.31. The van der Waals surface area contributed by atoms with Crippen molar-refractivity contribution in [1.29, 1.82) is 0 Å². The van der Waals surface area contributed by atoms with E-state index in [4.69, 9.17) is 4.42 Å². The van der Waals surface area contributed by atoms with Crippen LogP contribution in [0.15, 0.2) is 42.4 Å². The molecule has 4 rings (SSSR count). The number of nitrogens with one attached hydrogen (secondary N) is 1. The lowest BCUT2D eigenvalue weighted by Gasteiger charge is -2.28. The van der Waals surface area contributed by atoms with E-state index in [2.05, 4.69) is 25.1 Å². The van der Waals surface area contributed by atoms with Gasteiger partial charge in [-0.2, -0.15) is 0 Å². The predicted octanol–water partition coefficient (Wildman–Crippen LogP) is 4.21. The highest BCUT2D eigenvalue weighted by Gasteiger charge is 2.19. The topological polar surface area (TPSA) is 104 Å². The molecule has 1 saturated heterocycles. The summed E-state index contributed by atoms with van der Waals surface area (Å²) in [7, 11) is 0. The lowest BCUT2D eigenvalue weighted by molar-refractivity contribution is 0.559. The number of piperidine rings is 1. The number of aromatic nitrogens is 2. The maximum Gasteiger partial charge on any atom is 0.336 e. The number of azo groups is 1. The molecular formula is C21H23N5O3. The molecule has 8 nitrogen and oxygen atoms in total. The molecule has 0 saturated carbocycles. The summed E-state index contributed by atoms with van der Waals surface area (Å²) >= 11 is 0. The first-order chi connectivity index (χ1) is 13.9. The smallest absolute Gasteiger partial charge is 0.336 e. The summed E-state index contributed by atoms with van der Waals surface area (Å²) in [4.78, 5) is 33.5. The molecule has 1 aliphatic rings. The normalized spacial score (nSPS) is 14.8. The van der Waals surface area contributed by atoms with Crippen LogP contribution in [-0.4, -0.2) is 23.1 Å². The second-order valence-corrected chi connectivity index (χ2v) is 7.45. The highest BCUT2D eigenvalue weighted by molar-refractivity contribution is 5.84. The molecule has 8 heteroatoms. The fourth-order valence-corrected chi connectivity index (χ4v) is 3.65. The Morgan fingerprint density at radius 1 is 1.00 bits per heavy atom. The third-order valence-corrected chi connectivity index (χ3v) is 5.18. The number of aromatic amines is 1. The SMILES string of the molecule is Cc1nc(N2CCCCC2)c(N=Nc2cc3c(C)cc(=O)oc3cc2C)c(=O)[nH]1. The quantitative estimate of drug-likeness (QED) is 0.530. The van der Waals surface area contributed by atoms with E-state index < -0.39 is 0 Å². The van der Waals surface area contributed by atoms with Crippen LogP contribution in [0.3, 0.4) is 0 Å². The van der Waals surface area contributed by atoms with Crippen LogP contribution in [0.4, 0.5) is 17.2 Å². The highest BCUT2D eigenvalue weighted by Crippen LogP contribution is 2.30. The maximum atomic E-state index is 12.6. The van der Waals surface area contributed by atoms with Gasteiger partial charge in [-0.15, -0.1) is 10.2 Å². The Balaban J connectivity index is 1.79. The second kappa shape index (κ2) is 7.62. The Hall–Kier alpha value is -3.29. The van der Waals surface area contributed by atoms with E-state index in [0.29, 0.717) is 22.9 Å². The number of benzene rings is 1. The van der Waals surface area contributed by atoms with Gasteiger partial charge >= 0.3 is 5.63 Å². The summed E-state index contributed by atoms with van der Waals surface area (Å²) in [5.41, 5.74) is 2.25. The zero-order chi connectivity index (χ0) is 20.5. The Labute approximate surface area is 167 Å². The molecular weight excluding hydrogens is 370 g/mol. The van der Waals surface area contributed by atoms with Crippen LogP contribution in [0.2, 0.25) is 0 Å². The van der Waals surface area contributed by atoms with E-state index in [-0.39, 0.29) is 16.9 Å². The largest absolute Gasteiger partial charge is 0.423 e. The molecule has 0 aliphatic carbocycles. The van der Waals surface area contributed by atoms with Gasteiger partial charge in [0.15, 0.2) is 11.5 Å². The Bertz CT molecular complexity index is 1220. The van der Waals surface area contributed by atoms with Crippen LogP contribution in [0.5, 0.6) is 0 Å². The van der Waals surface area contributed by atoms with Crippen molar-refractivity contribution in [2.24, 2.45) is 10.2 Å². The van der Waals surface area contributed by atoms with Crippen LogP contribution >= 0.6 is 0 Å². The number of fused-ring (bicyclic) bond motifs is 1. The summed E-state index contributed by atoms with van der Waals surface area (Å²) < 4.78 is 5.27. The zero-order valence-corrected chi connectivity index (χ0v) is 16.8. The molecule has 1 fully saturated rings. The molecule has 1 aliphatic heterocycles. The molecule has 3 heterocycles. The second-order valence-electron chi connectivity index (χ2n) is 7.45. The monoisotopic (exact) mass is 393 g/mol. The fraction of sp³-hybridized carbons (Fsp3) is 0.381. The molecule has 1 N–H and O–H groups in total. The van der Waals surface area contributed by atoms with Crippen molar-refractivity contribution < 1.29 is 4.42 Å². The fourth-order valence-electron chi connectivity index (χ4n) is 3.65. The molecule has 29 heavy (non-hydrogen) atoms. The summed E-state index contributed by atoms with van der Waals surface area (Å²) in [6.45, 7) is 7.18. The van der Waals surface area contributed by atoms with Crippen LogP contribution in [-0.2, 0) is 0 Å². The molecule has 0 spiro atoms. The van der Waals surface area contributed by atoms with Gasteiger partial charge in [0.1, 0.15) is 11.4 Å². The Morgan fingerprint density at radius 2 is 1.76 bits per heavy atom. The first kappa shape index (κ1) is 19.0. The van der Waals surface area contributed by atoms with Gasteiger partial charge in [0.05, 0.1) is 5.69 Å². The molecule has 150 valence electrons. The summed E-state index contributed by atoms with van der Waals surface area (Å²) in [5, 5.41) is 9.43. The van der Waals surface area contributed by atoms with E-state index >= 15 is 0 Å². The summed E-state index contributed by atoms with van der Waals surface area (Å²) in [5.74, 6) is 1.14. The number of H-pyrrole nitrogens is 1. The average molecular weight is 393 g/mol. The van der Waals surface area contributed by atoms with Crippen LogP contribution in [0, 0.1) is 20.8 Å². The number of aryl methyl sites for hydroxylation is 3. The number of nitrogens with zero attached hydrogens (tertiary/aromatic N) is 4. The number of rotatable bonds is 3. The molecule has 2 aromatic heterocycles. The van der Waals surface area contributed by atoms with Gasteiger partial charge < -0.3 is 14.3 Å². The minimum absolute atomic E-state index is 0.216. The first-order valence-corrected chi connectivity index (χ1v) is 9.75. The summed E-state index contributed by atoms with van der Waals surface area (Å²) in [6, 6.07) is 5.03. The van der Waals surface area contributed by atoms with Crippen LogP contribution in [0.1, 0.15) is 36.2 Å². The maximum absolute atomic E-state index is 12.6. The molecule has 0 radical (unpaired) electrons. The first-order valence-electron chi connectivity index (χ1n) is 9.75. The predicted molar refractivity (Wildman–Crippen MR) is 112 cm³/mol. The Morgan fingerprint density at radius 3 is 2.52 bits per heavy atom. The number of hydrogen-bond acceptors (Lipinski definition) is 7. The molecule has 0 atom stereocenters. The van der Waals surface area contributed by atoms with Crippen molar-refractivity contribution in [3.63, 3.8) is 0 Å². The van der Waals surface area contributed by atoms with Crippen molar-refractivity contribution in [1.82, 2.24) is 9.97 Å². The van der Waals surface area contributed by atoms with E-state index in [1.165, 1.54) is 12.5 Å². The van der Waals surface area contributed by atoms with Crippen molar-refractivity contribution in [2.45, 2.75) is 40.0 Å². The highest BCUT2D eigenvalue weighted by atomic mass is 16.4. The van der Waals surface area contributed by atoms with Crippen LogP contribution < -0.4 is 16.1 Å². The molecule has 3 aromatic rings. The van der Waals surface area contributed by atoms with Gasteiger partial charge in [0.25, 0.3) is 5.56 Å². The Kier molecular flexibility index (Phi) is 5.00. The standard InChI is InChI=1S/C21H23N5O3/c1-12-10-18(27)29-17-9-13(2)16(11-15(12)17)24-25-19-20(22-14(3)23-21(19)28)26-7-5-4-6-8-26/h9-11H,4-8H2,1-3H3,(H,22,23,28). The van der Waals surface area contributed by atoms with Crippen LogP contribution in [0.25, 0.3) is 11.0 Å². The van der Waals surface area contributed by atoms with Gasteiger partial charge in [-0.05, 0) is 63.3 Å². The lowest BCUT2D eigenvalue weighted by atomic mass is 10.1. The van der Waals surface area contributed by atoms with Crippen molar-refractivity contribution in [3.8, 4) is 0 Å². The minimum Gasteiger partial charge on any atom is -0.423 e. The van der Waals surface area contributed by atoms with Gasteiger partial charge in [-0.3, -0.25) is 4.79 Å². The third kappa shape index (κ3) is 3.83. The number of anilines is 1. The van der Waals surface area contributed by atoms with Crippen molar-refractivity contribution in [3.05, 3.63) is 55.9 Å². The van der Waals surface area contributed by atoms with E-state index in [1.54, 1.807) is 13.0 Å². The van der Waals surface area contributed by atoms with Crippen molar-refractivity contribution in [2.75, 3.05) is 18.0 Å². The van der Waals surface area contributed by atoms with Gasteiger partial charge in [0, 0.05) is 24.5 Å². The third-order valence-electron chi connectivity index (χ3n) is 5.18. The molecule has 0 amide bonds. The van der Waals surface area contributed by atoms with Gasteiger partial charge in [-0.25, -0.2) is 9.78 Å². The van der Waals surface area contributed by atoms with Gasteiger partial charge in [0.2, 0.25) is 0 Å². The van der Waals surface area contributed by atoms with Gasteiger partial charge in [-0.1, -0.05) is 0 Å². The minimum atomic E-state index is -0.382. The van der Waals surface area contributed by atoms with E-state index in [9.17, 15) is 9.59 Å². The average Bonchev–Trinajstić information content (AvgIpc) is 2.68. The molecule has 0 bridgehead atoms. The van der Waals surface area contributed by atoms with Crippen molar-refractivity contribution >= 4 is 28.2 Å². The molecule has 0 unspecified atom stereocenters. The summed E-state index contributed by atoms with van der Waals surface area (Å²) in [6.07, 6.45) is 3.32. The number of hydrogen-bond donors (Lipinski definition) is 1. The van der Waals surface area contributed by atoms with E-state index in [0.717, 1.165) is 42.4 Å². The zero-order valence-electron chi connectivity index (χ0n) is 16.8.